The highest BCUT2D eigenvalue weighted by Crippen LogP contribution is 2.00. The average Bonchev–Trinajstić information content (AvgIpc) is 1.93. The van der Waals surface area contributed by atoms with Crippen LogP contribution in [0.15, 0.2) is 4.99 Å². The van der Waals surface area contributed by atoms with E-state index in [4.69, 9.17) is 0 Å². The van der Waals surface area contributed by atoms with Gasteiger partial charge in [-0.25, -0.2) is 0 Å². The summed E-state index contributed by atoms with van der Waals surface area (Å²) in [6, 6.07) is 0. The molecule has 0 saturated heterocycles. The molecule has 4 nitrogen and oxygen atoms in total. The molecule has 11 heavy (non-hydrogen) atoms. The van der Waals surface area contributed by atoms with E-state index in [-0.39, 0.29) is 6.54 Å². The van der Waals surface area contributed by atoms with Crippen LogP contribution in [0.25, 0.3) is 0 Å². The van der Waals surface area contributed by atoms with E-state index in [1.165, 1.54) is 0 Å². The Morgan fingerprint density at radius 1 is 1.82 bits per heavy atom. The van der Waals surface area contributed by atoms with Crippen molar-refractivity contribution in [2.45, 2.75) is 13.3 Å². The minimum Gasteiger partial charge on any atom is -0.548 e. The molecule has 0 aliphatic carbocycles. The Morgan fingerprint density at radius 3 is 3.09 bits per heavy atom. The average molecular weight is 155 g/mol. The molecule has 0 aromatic carbocycles. The number of aliphatic carboxylic acids is 1. The second kappa shape index (κ2) is 3.37. The molecular weight excluding hydrogens is 144 g/mol. The first-order valence-electron chi connectivity index (χ1n) is 3.66. The van der Waals surface area contributed by atoms with Crippen LogP contribution < -0.4 is 5.11 Å². The van der Waals surface area contributed by atoms with Crippen LogP contribution in [0.4, 0.5) is 0 Å². The highest BCUT2D eigenvalue weighted by Gasteiger charge is 2.09. The Hall–Kier alpha value is -1.06. The van der Waals surface area contributed by atoms with Gasteiger partial charge in [0.05, 0.1) is 18.3 Å². The minimum atomic E-state index is -1.04. The maximum Gasteiger partial charge on any atom is 0.0960 e. The standard InChI is InChI=1S/C7H12N2O2/c1-6-8-3-2-4-9(6)5-7(10)11/h2-5H2,1H3,(H,10,11)/p-1. The largest absolute Gasteiger partial charge is 0.548 e. The molecule has 0 bridgehead atoms. The molecule has 0 spiro atoms. The van der Waals surface area contributed by atoms with Crippen molar-refractivity contribution in [1.82, 2.24) is 4.90 Å². The Balaban J connectivity index is 2.50. The van der Waals surface area contributed by atoms with Gasteiger partial charge in [0.25, 0.3) is 0 Å². The zero-order valence-corrected chi connectivity index (χ0v) is 6.54. The normalized spacial score (nSPS) is 17.9. The maximum absolute atomic E-state index is 10.2. The fourth-order valence-electron chi connectivity index (χ4n) is 1.11. The molecule has 0 radical (unpaired) electrons. The molecule has 0 aromatic rings. The first-order chi connectivity index (χ1) is 5.20. The van der Waals surface area contributed by atoms with Crippen molar-refractivity contribution in [1.29, 1.82) is 0 Å². The summed E-state index contributed by atoms with van der Waals surface area (Å²) >= 11 is 0. The van der Waals surface area contributed by atoms with Crippen molar-refractivity contribution >= 4 is 11.8 Å². The number of hydrogen-bond acceptors (Lipinski definition) is 4. The lowest BCUT2D eigenvalue weighted by atomic mass is 10.3. The van der Waals surface area contributed by atoms with Crippen LogP contribution in [-0.4, -0.2) is 36.3 Å². The number of rotatable bonds is 2. The van der Waals surface area contributed by atoms with Crippen LogP contribution in [0.2, 0.25) is 0 Å². The van der Waals surface area contributed by atoms with E-state index < -0.39 is 5.97 Å². The molecule has 0 unspecified atom stereocenters. The van der Waals surface area contributed by atoms with E-state index in [1.54, 1.807) is 4.90 Å². The molecule has 1 aliphatic rings. The highest BCUT2D eigenvalue weighted by atomic mass is 16.4. The van der Waals surface area contributed by atoms with Crippen LogP contribution >= 0.6 is 0 Å². The van der Waals surface area contributed by atoms with Crippen molar-refractivity contribution in [3.8, 4) is 0 Å². The predicted molar refractivity (Wildman–Crippen MR) is 39.2 cm³/mol. The van der Waals surface area contributed by atoms with Gasteiger partial charge in [0.1, 0.15) is 0 Å². The molecule has 0 N–H and O–H groups in total. The van der Waals surface area contributed by atoms with Gasteiger partial charge in [-0.2, -0.15) is 0 Å². The van der Waals surface area contributed by atoms with E-state index >= 15 is 0 Å². The first kappa shape index (κ1) is 8.04. The summed E-state index contributed by atoms with van der Waals surface area (Å²) in [6.45, 7) is 3.39. The lowest BCUT2D eigenvalue weighted by molar-refractivity contribution is -0.305. The fourth-order valence-corrected chi connectivity index (χ4v) is 1.11. The van der Waals surface area contributed by atoms with Gasteiger partial charge in [-0.05, 0) is 13.3 Å². The highest BCUT2D eigenvalue weighted by molar-refractivity contribution is 5.83. The van der Waals surface area contributed by atoms with Gasteiger partial charge in [-0.3, -0.25) is 4.99 Å². The second-order valence-electron chi connectivity index (χ2n) is 2.58. The number of carbonyl (C=O) groups is 1. The second-order valence-corrected chi connectivity index (χ2v) is 2.58. The van der Waals surface area contributed by atoms with Gasteiger partial charge in [0.15, 0.2) is 0 Å². The van der Waals surface area contributed by atoms with Crippen molar-refractivity contribution in [3.05, 3.63) is 0 Å². The van der Waals surface area contributed by atoms with Crippen molar-refractivity contribution in [3.63, 3.8) is 0 Å². The topological polar surface area (TPSA) is 55.7 Å². The number of nitrogens with zero attached hydrogens (tertiary/aromatic N) is 2. The van der Waals surface area contributed by atoms with Gasteiger partial charge in [-0.1, -0.05) is 0 Å². The van der Waals surface area contributed by atoms with Crippen molar-refractivity contribution < 1.29 is 9.90 Å². The lowest BCUT2D eigenvalue weighted by Gasteiger charge is -2.27. The van der Waals surface area contributed by atoms with Crippen LogP contribution in [0.1, 0.15) is 13.3 Å². The summed E-state index contributed by atoms with van der Waals surface area (Å²) < 4.78 is 0. The van der Waals surface area contributed by atoms with Crippen molar-refractivity contribution in [2.24, 2.45) is 4.99 Å². The van der Waals surface area contributed by atoms with Crippen molar-refractivity contribution in [2.75, 3.05) is 19.6 Å². The molecule has 1 heterocycles. The van der Waals surface area contributed by atoms with E-state index in [9.17, 15) is 9.90 Å². The Morgan fingerprint density at radius 2 is 2.55 bits per heavy atom. The number of amidine groups is 1. The Kier molecular flexibility index (Phi) is 2.46. The van der Waals surface area contributed by atoms with Crippen LogP contribution in [0.5, 0.6) is 0 Å². The summed E-state index contributed by atoms with van der Waals surface area (Å²) in [5, 5.41) is 10.2. The van der Waals surface area contributed by atoms with Crippen LogP contribution in [0.3, 0.4) is 0 Å². The maximum atomic E-state index is 10.2. The van der Waals surface area contributed by atoms with Gasteiger partial charge in [-0.15, -0.1) is 0 Å². The lowest BCUT2D eigenvalue weighted by Crippen LogP contribution is -2.42. The predicted octanol–water partition coefficient (Wildman–Crippen LogP) is -1.14. The summed E-state index contributed by atoms with van der Waals surface area (Å²) in [4.78, 5) is 16.0. The van der Waals surface area contributed by atoms with E-state index in [2.05, 4.69) is 4.99 Å². The van der Waals surface area contributed by atoms with E-state index in [0.29, 0.717) is 0 Å². The summed E-state index contributed by atoms with van der Waals surface area (Å²) in [5.74, 6) is -0.234. The number of carboxylic acids is 1. The Bertz CT molecular complexity index is 189. The third-order valence-corrected chi connectivity index (χ3v) is 1.70. The smallest absolute Gasteiger partial charge is 0.0960 e. The minimum absolute atomic E-state index is 0.0324. The summed E-state index contributed by atoms with van der Waals surface area (Å²) in [5.41, 5.74) is 0. The molecular formula is C7H11N2O2-. The third kappa shape index (κ3) is 2.22. The quantitative estimate of drug-likeness (QED) is 0.506. The van der Waals surface area contributed by atoms with Crippen LogP contribution in [-0.2, 0) is 4.79 Å². The third-order valence-electron chi connectivity index (χ3n) is 1.70. The van der Waals surface area contributed by atoms with Gasteiger partial charge in [0.2, 0.25) is 0 Å². The molecule has 0 saturated carbocycles. The van der Waals surface area contributed by atoms with Crippen LogP contribution in [0, 0.1) is 0 Å². The SMILES string of the molecule is CC1=NCCCN1CC(=O)[O-]. The summed E-state index contributed by atoms with van der Waals surface area (Å²) in [6.07, 6.45) is 0.935. The van der Waals surface area contributed by atoms with Gasteiger partial charge >= 0.3 is 0 Å². The fraction of sp³-hybridized carbons (Fsp3) is 0.714. The molecule has 1 aliphatic heterocycles. The zero-order valence-electron chi connectivity index (χ0n) is 6.54. The number of aliphatic imine (C=N–C) groups is 1. The molecule has 0 fully saturated rings. The number of hydrogen-bond donors (Lipinski definition) is 0. The molecule has 0 aromatic heterocycles. The summed E-state index contributed by atoms with van der Waals surface area (Å²) in [7, 11) is 0. The zero-order chi connectivity index (χ0) is 8.27. The van der Waals surface area contributed by atoms with E-state index in [1.807, 2.05) is 6.92 Å². The Labute approximate surface area is 65.5 Å². The van der Waals surface area contributed by atoms with E-state index in [0.717, 1.165) is 25.3 Å². The van der Waals surface area contributed by atoms with Gasteiger partial charge in [0, 0.05) is 13.1 Å². The number of carbonyl (C=O) groups excluding carboxylic acids is 1. The monoisotopic (exact) mass is 155 g/mol. The molecule has 4 heteroatoms. The molecule has 62 valence electrons. The molecule has 0 amide bonds. The van der Waals surface area contributed by atoms with Gasteiger partial charge < -0.3 is 14.8 Å². The molecule has 1 rings (SSSR count). The molecule has 0 atom stereocenters. The number of carboxylic acid groups (broad SMARTS) is 1. The first-order valence-corrected chi connectivity index (χ1v) is 3.66.